The van der Waals surface area contributed by atoms with E-state index in [-0.39, 0.29) is 11.3 Å². The molecule has 2 fully saturated rings. The summed E-state index contributed by atoms with van der Waals surface area (Å²) >= 11 is 0. The van der Waals surface area contributed by atoms with Crippen molar-refractivity contribution in [2.45, 2.75) is 39.0 Å². The van der Waals surface area contributed by atoms with Gasteiger partial charge >= 0.3 is 0 Å². The number of likely N-dealkylation sites (tertiary alicyclic amines) is 1. The highest BCUT2D eigenvalue weighted by molar-refractivity contribution is 5.68. The lowest BCUT2D eigenvalue weighted by Gasteiger charge is -2.53. The number of rotatable bonds is 3. The Morgan fingerprint density at radius 1 is 1.62 bits per heavy atom. The van der Waals surface area contributed by atoms with E-state index in [9.17, 15) is 9.90 Å². The van der Waals surface area contributed by atoms with Crippen LogP contribution in [0, 0.1) is 17.3 Å². The lowest BCUT2D eigenvalue weighted by molar-refractivity contribution is -0.317. The molecule has 3 heteroatoms. The predicted octanol–water partition coefficient (Wildman–Crippen LogP) is 0.884. The van der Waals surface area contributed by atoms with Crippen molar-refractivity contribution in [2.75, 3.05) is 20.1 Å². The summed E-state index contributed by atoms with van der Waals surface area (Å²) < 4.78 is 0. The average molecular weight is 224 g/mol. The van der Waals surface area contributed by atoms with Gasteiger partial charge in [-0.25, -0.2) is 0 Å². The fourth-order valence-corrected chi connectivity index (χ4v) is 4.14. The molecule has 2 aliphatic rings. The molecule has 0 aromatic carbocycles. The van der Waals surface area contributed by atoms with Crippen molar-refractivity contribution >= 4 is 5.97 Å². The summed E-state index contributed by atoms with van der Waals surface area (Å²) in [5.74, 6) is -0.377. The summed E-state index contributed by atoms with van der Waals surface area (Å²) in [4.78, 5) is 13.6. The largest absolute Gasteiger partial charge is 0.550 e. The van der Waals surface area contributed by atoms with Gasteiger partial charge in [-0.05, 0) is 44.1 Å². The van der Waals surface area contributed by atoms with E-state index in [1.807, 2.05) is 6.92 Å². The summed E-state index contributed by atoms with van der Waals surface area (Å²) in [7, 11) is 2.12. The van der Waals surface area contributed by atoms with Gasteiger partial charge in [0.05, 0.1) is 0 Å². The van der Waals surface area contributed by atoms with Crippen LogP contribution in [0.5, 0.6) is 0 Å². The molecule has 0 amide bonds. The van der Waals surface area contributed by atoms with Crippen LogP contribution in [0.3, 0.4) is 0 Å². The Balaban J connectivity index is 2.22. The van der Waals surface area contributed by atoms with Crippen molar-refractivity contribution in [2.24, 2.45) is 17.3 Å². The molecule has 1 aliphatic heterocycles. The molecule has 3 nitrogen and oxygen atoms in total. The molecule has 92 valence electrons. The van der Waals surface area contributed by atoms with Crippen LogP contribution in [0.2, 0.25) is 0 Å². The lowest BCUT2D eigenvalue weighted by atomic mass is 9.60. The van der Waals surface area contributed by atoms with Crippen LogP contribution < -0.4 is 5.11 Å². The maximum absolute atomic E-state index is 11.3. The van der Waals surface area contributed by atoms with E-state index in [0.29, 0.717) is 12.3 Å². The van der Waals surface area contributed by atoms with Gasteiger partial charge in [-0.1, -0.05) is 13.3 Å². The second kappa shape index (κ2) is 4.36. The highest BCUT2D eigenvalue weighted by Crippen LogP contribution is 2.49. The first-order valence-electron chi connectivity index (χ1n) is 6.47. The number of piperidine rings is 1. The van der Waals surface area contributed by atoms with E-state index in [0.717, 1.165) is 25.9 Å². The number of nitrogens with zero attached hydrogens (tertiary/aromatic N) is 1. The van der Waals surface area contributed by atoms with E-state index in [1.165, 1.54) is 12.8 Å². The number of carbonyl (C=O) groups is 1. The third-order valence-corrected chi connectivity index (χ3v) is 4.57. The van der Waals surface area contributed by atoms with Gasteiger partial charge in [0.1, 0.15) is 0 Å². The van der Waals surface area contributed by atoms with Crippen molar-refractivity contribution in [1.82, 2.24) is 4.90 Å². The summed E-state index contributed by atoms with van der Waals surface area (Å²) in [5.41, 5.74) is 0.00347. The van der Waals surface area contributed by atoms with Gasteiger partial charge < -0.3 is 14.8 Å². The van der Waals surface area contributed by atoms with Crippen LogP contribution in [0.1, 0.15) is 39.0 Å². The molecule has 1 aliphatic carbocycles. The maximum Gasteiger partial charge on any atom is 0.0451 e. The third kappa shape index (κ3) is 1.97. The van der Waals surface area contributed by atoms with Crippen LogP contribution in [0.4, 0.5) is 0 Å². The Bertz CT molecular complexity index is 275. The zero-order valence-corrected chi connectivity index (χ0v) is 10.4. The quantitative estimate of drug-likeness (QED) is 0.715. The van der Waals surface area contributed by atoms with E-state index in [4.69, 9.17) is 0 Å². The van der Waals surface area contributed by atoms with Crippen molar-refractivity contribution in [1.29, 1.82) is 0 Å². The Kier molecular flexibility index (Phi) is 3.24. The fraction of sp³-hybridized carbons (Fsp3) is 0.923. The smallest absolute Gasteiger partial charge is 0.0451 e. The molecule has 2 bridgehead atoms. The molecule has 0 N–H and O–H groups in total. The van der Waals surface area contributed by atoms with Gasteiger partial charge in [0.15, 0.2) is 0 Å². The molecule has 3 unspecified atom stereocenters. The lowest BCUT2D eigenvalue weighted by Crippen LogP contribution is -2.55. The Morgan fingerprint density at radius 3 is 3.00 bits per heavy atom. The van der Waals surface area contributed by atoms with Gasteiger partial charge in [-0.3, -0.25) is 0 Å². The minimum Gasteiger partial charge on any atom is -0.550 e. The summed E-state index contributed by atoms with van der Waals surface area (Å²) in [6.45, 7) is 4.06. The molecule has 2 rings (SSSR count). The van der Waals surface area contributed by atoms with Crippen molar-refractivity contribution in [3.63, 3.8) is 0 Å². The zero-order chi connectivity index (χ0) is 11.8. The number of hydrogen-bond donors (Lipinski definition) is 0. The minimum absolute atomic E-state index is 0.00347. The number of fused-ring (bicyclic) bond motifs is 2. The molecule has 1 heterocycles. The zero-order valence-electron chi connectivity index (χ0n) is 10.4. The Hall–Kier alpha value is -0.570. The monoisotopic (exact) mass is 224 g/mol. The van der Waals surface area contributed by atoms with Gasteiger partial charge in [0.25, 0.3) is 0 Å². The number of hydrogen-bond acceptors (Lipinski definition) is 3. The average Bonchev–Trinajstić information content (AvgIpc) is 2.16. The molecule has 0 radical (unpaired) electrons. The van der Waals surface area contributed by atoms with Crippen molar-refractivity contribution in [3.05, 3.63) is 0 Å². The van der Waals surface area contributed by atoms with E-state index in [1.54, 1.807) is 0 Å². The molecule has 0 aromatic rings. The first-order chi connectivity index (χ1) is 7.57. The first kappa shape index (κ1) is 11.9. The summed E-state index contributed by atoms with van der Waals surface area (Å²) in [6.07, 6.45) is 5.35. The number of carboxylic acid groups (broad SMARTS) is 1. The van der Waals surface area contributed by atoms with Crippen LogP contribution >= 0.6 is 0 Å². The fourth-order valence-electron chi connectivity index (χ4n) is 4.14. The highest BCUT2D eigenvalue weighted by atomic mass is 16.4. The number of carboxylic acids is 1. The second-order valence-corrected chi connectivity index (χ2v) is 5.80. The molecule has 1 saturated carbocycles. The van der Waals surface area contributed by atoms with Crippen molar-refractivity contribution < 1.29 is 9.90 Å². The van der Waals surface area contributed by atoms with Gasteiger partial charge in [0, 0.05) is 25.0 Å². The summed E-state index contributed by atoms with van der Waals surface area (Å²) in [5, 5.41) is 11.3. The first-order valence-corrected chi connectivity index (χ1v) is 6.47. The normalized spacial score (nSPS) is 37.0. The Morgan fingerprint density at radius 2 is 2.38 bits per heavy atom. The molecule has 1 saturated heterocycles. The van der Waals surface area contributed by atoms with Crippen LogP contribution in [0.15, 0.2) is 0 Å². The molecule has 16 heavy (non-hydrogen) atoms. The highest BCUT2D eigenvalue weighted by Gasteiger charge is 2.46. The number of carbonyl (C=O) groups excluding carboxylic acids is 1. The standard InChI is InChI=1S/C13H23NO2/c1-3-11(12(15)16)13-6-4-5-10(7-13)8-14(2)9-13/h10-11H,3-9H2,1-2H3,(H,15,16)/p-1. The third-order valence-electron chi connectivity index (χ3n) is 4.57. The molecule has 3 atom stereocenters. The minimum atomic E-state index is -0.835. The molecular formula is C13H22NO2-. The second-order valence-electron chi connectivity index (χ2n) is 5.80. The van der Waals surface area contributed by atoms with Crippen molar-refractivity contribution in [3.8, 4) is 0 Å². The van der Waals surface area contributed by atoms with E-state index in [2.05, 4.69) is 11.9 Å². The van der Waals surface area contributed by atoms with E-state index >= 15 is 0 Å². The molecular weight excluding hydrogens is 202 g/mol. The van der Waals surface area contributed by atoms with Gasteiger partial charge in [-0.15, -0.1) is 0 Å². The Labute approximate surface area is 97.8 Å². The SMILES string of the molecule is CCC(C(=O)[O-])C12CCCC(CN(C)C1)C2. The van der Waals surface area contributed by atoms with Gasteiger partial charge in [0.2, 0.25) is 0 Å². The van der Waals surface area contributed by atoms with Crippen LogP contribution in [-0.2, 0) is 4.79 Å². The van der Waals surface area contributed by atoms with E-state index < -0.39 is 5.97 Å². The molecule has 0 spiro atoms. The predicted molar refractivity (Wildman–Crippen MR) is 60.7 cm³/mol. The number of aliphatic carboxylic acids is 1. The maximum atomic E-state index is 11.3. The molecule has 0 aromatic heterocycles. The summed E-state index contributed by atoms with van der Waals surface area (Å²) in [6, 6.07) is 0. The van der Waals surface area contributed by atoms with Gasteiger partial charge in [-0.2, -0.15) is 0 Å². The topological polar surface area (TPSA) is 43.4 Å². The van der Waals surface area contributed by atoms with Crippen LogP contribution in [0.25, 0.3) is 0 Å². The van der Waals surface area contributed by atoms with Crippen LogP contribution in [-0.4, -0.2) is 31.0 Å².